The van der Waals surface area contributed by atoms with Crippen LogP contribution in [0.3, 0.4) is 0 Å². The van der Waals surface area contributed by atoms with Crippen molar-refractivity contribution >= 4 is 11.0 Å². The molecule has 1 saturated heterocycles. The highest BCUT2D eigenvalue weighted by atomic mass is 19.1. The summed E-state index contributed by atoms with van der Waals surface area (Å²) in [6.07, 6.45) is 1.68. The molecule has 1 unspecified atom stereocenters. The third-order valence-electron chi connectivity index (χ3n) is 5.88. The number of ether oxygens (including phenoxy) is 2. The van der Waals surface area contributed by atoms with E-state index in [2.05, 4.69) is 9.88 Å². The summed E-state index contributed by atoms with van der Waals surface area (Å²) in [7, 11) is 0. The zero-order valence-corrected chi connectivity index (χ0v) is 16.4. The van der Waals surface area contributed by atoms with Crippen LogP contribution in [0, 0.1) is 12.7 Å². The Kier molecular flexibility index (Phi) is 4.54. The monoisotopic (exact) mass is 397 g/mol. The fraction of sp³-hybridized carbons (Fsp3) is 0.409. The number of hydrogen-bond donors (Lipinski definition) is 1. The Morgan fingerprint density at radius 3 is 2.79 bits per heavy atom. The molecule has 5 rings (SSSR count). The van der Waals surface area contributed by atoms with Crippen molar-refractivity contribution in [1.82, 2.24) is 14.5 Å². The number of benzene rings is 2. The molecule has 1 fully saturated rings. The van der Waals surface area contributed by atoms with Gasteiger partial charge in [0.2, 0.25) is 0 Å². The Labute approximate surface area is 167 Å². The molecule has 1 N–H and O–H groups in total. The van der Waals surface area contributed by atoms with E-state index in [9.17, 15) is 9.18 Å². The van der Waals surface area contributed by atoms with Crippen molar-refractivity contribution < 1.29 is 13.9 Å². The van der Waals surface area contributed by atoms with Crippen LogP contribution >= 0.6 is 0 Å². The lowest BCUT2D eigenvalue weighted by Crippen LogP contribution is -2.45. The van der Waals surface area contributed by atoms with E-state index in [1.165, 1.54) is 12.1 Å². The normalized spacial score (nSPS) is 20.3. The molecule has 152 valence electrons. The van der Waals surface area contributed by atoms with E-state index in [1.807, 2.05) is 29.7 Å². The summed E-state index contributed by atoms with van der Waals surface area (Å²) in [6, 6.07) is 10.6. The Morgan fingerprint density at radius 2 is 1.97 bits per heavy atom. The number of nitrogens with one attached hydrogen (secondary N) is 1. The van der Waals surface area contributed by atoms with E-state index in [-0.39, 0.29) is 23.7 Å². The molecule has 29 heavy (non-hydrogen) atoms. The van der Waals surface area contributed by atoms with E-state index in [4.69, 9.17) is 9.47 Å². The molecule has 6 nitrogen and oxygen atoms in total. The predicted octanol–water partition coefficient (Wildman–Crippen LogP) is 3.25. The highest BCUT2D eigenvalue weighted by Crippen LogP contribution is 2.33. The fourth-order valence-electron chi connectivity index (χ4n) is 4.44. The summed E-state index contributed by atoms with van der Waals surface area (Å²) >= 11 is 0. The largest absolute Gasteiger partial charge is 0.486 e. The number of fused-ring (bicyclic) bond motifs is 2. The van der Waals surface area contributed by atoms with Crippen LogP contribution in [0.15, 0.2) is 41.2 Å². The van der Waals surface area contributed by atoms with Gasteiger partial charge in [-0.15, -0.1) is 0 Å². The lowest BCUT2D eigenvalue weighted by molar-refractivity contribution is 0.0482. The summed E-state index contributed by atoms with van der Waals surface area (Å²) in [4.78, 5) is 17.8. The Balaban J connectivity index is 1.24. The number of imidazole rings is 1. The third kappa shape index (κ3) is 3.51. The first-order valence-corrected chi connectivity index (χ1v) is 10.1. The van der Waals surface area contributed by atoms with Crippen molar-refractivity contribution in [3.63, 3.8) is 0 Å². The minimum atomic E-state index is -0.326. The summed E-state index contributed by atoms with van der Waals surface area (Å²) in [5.74, 6) is 0.736. The molecule has 0 saturated carbocycles. The van der Waals surface area contributed by atoms with Crippen molar-refractivity contribution in [2.75, 3.05) is 26.2 Å². The zero-order chi connectivity index (χ0) is 20.0. The van der Waals surface area contributed by atoms with Gasteiger partial charge in [-0.3, -0.25) is 9.47 Å². The summed E-state index contributed by atoms with van der Waals surface area (Å²) < 4.78 is 27.0. The molecule has 0 bridgehead atoms. The molecule has 7 heteroatoms. The maximum Gasteiger partial charge on any atom is 0.326 e. The number of nitrogens with zero attached hydrogens (tertiary/aromatic N) is 2. The fourth-order valence-corrected chi connectivity index (χ4v) is 4.44. The maximum absolute atomic E-state index is 13.4. The Morgan fingerprint density at radius 1 is 1.14 bits per heavy atom. The third-order valence-corrected chi connectivity index (χ3v) is 5.88. The number of aryl methyl sites for hydroxylation is 1. The first-order valence-electron chi connectivity index (χ1n) is 10.1. The minimum Gasteiger partial charge on any atom is -0.486 e. The molecular weight excluding hydrogens is 373 g/mol. The molecule has 0 radical (unpaired) electrons. The predicted molar refractivity (Wildman–Crippen MR) is 108 cm³/mol. The smallest absolute Gasteiger partial charge is 0.326 e. The summed E-state index contributed by atoms with van der Waals surface area (Å²) in [6.45, 7) is 4.97. The Hall–Kier alpha value is -2.80. The molecule has 3 aromatic rings. The maximum atomic E-state index is 13.4. The topological polar surface area (TPSA) is 59.5 Å². The molecule has 1 aromatic heterocycles. The lowest BCUT2D eigenvalue weighted by Gasteiger charge is -2.36. The van der Waals surface area contributed by atoms with Crippen molar-refractivity contribution in [1.29, 1.82) is 0 Å². The average molecular weight is 397 g/mol. The lowest BCUT2D eigenvalue weighted by atomic mass is 10.0. The number of piperidine rings is 1. The SMILES string of the molecule is Cc1ccc2c(c1)[nH]c(=O)n2C1CCN(CC2COc3ccc(F)cc3O2)CC1. The zero-order valence-electron chi connectivity index (χ0n) is 16.4. The van der Waals surface area contributed by atoms with Crippen LogP contribution in [0.1, 0.15) is 24.4 Å². The van der Waals surface area contributed by atoms with Crippen molar-refractivity contribution in [2.24, 2.45) is 0 Å². The highest BCUT2D eigenvalue weighted by molar-refractivity contribution is 5.76. The minimum absolute atomic E-state index is 0.0355. The van der Waals surface area contributed by atoms with Gasteiger partial charge in [0.1, 0.15) is 18.5 Å². The number of H-pyrrole nitrogens is 1. The number of hydrogen-bond acceptors (Lipinski definition) is 4. The number of aromatic amines is 1. The van der Waals surface area contributed by atoms with Crippen LogP contribution in [0.5, 0.6) is 11.5 Å². The van der Waals surface area contributed by atoms with Gasteiger partial charge in [0, 0.05) is 31.7 Å². The van der Waals surface area contributed by atoms with Gasteiger partial charge in [-0.2, -0.15) is 0 Å². The Bertz CT molecular complexity index is 1100. The molecule has 2 aromatic carbocycles. The molecule has 2 aliphatic rings. The van der Waals surface area contributed by atoms with Crippen LogP contribution in [0.4, 0.5) is 4.39 Å². The number of halogens is 1. The first-order chi connectivity index (χ1) is 14.1. The van der Waals surface area contributed by atoms with Gasteiger partial charge >= 0.3 is 5.69 Å². The standard InChI is InChI=1S/C22H24FN3O3/c1-14-2-4-19-18(10-14)24-22(27)26(19)16-6-8-25(9-7-16)12-17-13-28-20-5-3-15(23)11-21(20)29-17/h2-5,10-11,16-17H,6-9,12-13H2,1H3,(H,24,27). The van der Waals surface area contributed by atoms with Gasteiger partial charge < -0.3 is 14.5 Å². The van der Waals surface area contributed by atoms with Crippen LogP contribution in [-0.4, -0.2) is 46.8 Å². The van der Waals surface area contributed by atoms with E-state index < -0.39 is 0 Å². The van der Waals surface area contributed by atoms with Gasteiger partial charge in [0.15, 0.2) is 11.5 Å². The summed E-state index contributed by atoms with van der Waals surface area (Å²) in [5.41, 5.74) is 2.97. The van der Waals surface area contributed by atoms with E-state index >= 15 is 0 Å². The molecule has 0 amide bonds. The molecule has 0 spiro atoms. The van der Waals surface area contributed by atoms with Crippen LogP contribution in [0.2, 0.25) is 0 Å². The van der Waals surface area contributed by atoms with E-state index in [1.54, 1.807) is 6.07 Å². The second kappa shape index (κ2) is 7.22. The van der Waals surface area contributed by atoms with Gasteiger partial charge in [0.25, 0.3) is 0 Å². The van der Waals surface area contributed by atoms with Crippen LogP contribution in [0.25, 0.3) is 11.0 Å². The average Bonchev–Trinajstić information content (AvgIpc) is 3.03. The van der Waals surface area contributed by atoms with E-state index in [0.29, 0.717) is 18.1 Å². The van der Waals surface area contributed by atoms with Crippen molar-refractivity contribution in [2.45, 2.75) is 31.9 Å². The quantitative estimate of drug-likeness (QED) is 0.737. The second-order valence-electron chi connectivity index (χ2n) is 7.99. The van der Waals surface area contributed by atoms with Crippen LogP contribution in [-0.2, 0) is 0 Å². The van der Waals surface area contributed by atoms with Crippen LogP contribution < -0.4 is 15.2 Å². The number of aromatic nitrogens is 2. The number of likely N-dealkylation sites (tertiary alicyclic amines) is 1. The van der Waals surface area contributed by atoms with Gasteiger partial charge in [-0.25, -0.2) is 9.18 Å². The van der Waals surface area contributed by atoms with Crippen molar-refractivity contribution in [3.05, 3.63) is 58.3 Å². The van der Waals surface area contributed by atoms with Crippen molar-refractivity contribution in [3.8, 4) is 11.5 Å². The molecule has 2 aliphatic heterocycles. The first kappa shape index (κ1) is 18.2. The molecule has 1 atom stereocenters. The second-order valence-corrected chi connectivity index (χ2v) is 7.99. The van der Waals surface area contributed by atoms with Gasteiger partial charge in [0.05, 0.1) is 11.0 Å². The summed E-state index contributed by atoms with van der Waals surface area (Å²) in [5, 5.41) is 0. The highest BCUT2D eigenvalue weighted by Gasteiger charge is 2.28. The van der Waals surface area contributed by atoms with Gasteiger partial charge in [-0.1, -0.05) is 6.07 Å². The number of rotatable bonds is 3. The van der Waals surface area contributed by atoms with E-state index in [0.717, 1.165) is 49.1 Å². The van der Waals surface area contributed by atoms with Gasteiger partial charge in [-0.05, 0) is 49.6 Å². The molecule has 3 heterocycles. The molecular formula is C22H24FN3O3. The molecule has 0 aliphatic carbocycles.